The SMILES string of the molecule is Cc1cc([N+](=O)[O-])ccc1N1C(=O)[C@@H]2[C@H]3CCCN3[C@]3(C(=O)Nc4c(C)cccc43)[C@H]2C1=O. The number of carbonyl (C=O) groups is 3. The third kappa shape index (κ3) is 2.27. The maximum atomic E-state index is 14.0. The molecule has 2 aromatic rings. The number of anilines is 2. The molecule has 0 radical (unpaired) electrons. The molecule has 4 aliphatic heterocycles. The Hall–Kier alpha value is -3.59. The van der Waals surface area contributed by atoms with Gasteiger partial charge in [-0.1, -0.05) is 18.2 Å². The van der Waals surface area contributed by atoms with E-state index in [1.54, 1.807) is 6.92 Å². The second kappa shape index (κ2) is 6.48. The van der Waals surface area contributed by atoms with Crippen LogP contribution >= 0.6 is 0 Å². The zero-order chi connectivity index (χ0) is 23.2. The number of benzene rings is 2. The second-order valence-electron chi connectivity index (χ2n) is 9.36. The van der Waals surface area contributed by atoms with Gasteiger partial charge in [0.1, 0.15) is 5.54 Å². The molecule has 0 bridgehead atoms. The van der Waals surface area contributed by atoms with E-state index in [0.717, 1.165) is 34.6 Å². The van der Waals surface area contributed by atoms with Gasteiger partial charge in [-0.25, -0.2) is 4.90 Å². The quantitative estimate of drug-likeness (QED) is 0.431. The van der Waals surface area contributed by atoms with Crippen LogP contribution in [-0.2, 0) is 19.9 Å². The number of rotatable bonds is 2. The van der Waals surface area contributed by atoms with Gasteiger partial charge in [-0.3, -0.25) is 29.4 Å². The summed E-state index contributed by atoms with van der Waals surface area (Å²) in [6.07, 6.45) is 1.59. The van der Waals surface area contributed by atoms with Crippen LogP contribution in [0.4, 0.5) is 17.1 Å². The first-order valence-electron chi connectivity index (χ1n) is 11.1. The number of aryl methyl sites for hydroxylation is 2. The molecule has 9 nitrogen and oxygen atoms in total. The van der Waals surface area contributed by atoms with Crippen molar-refractivity contribution in [2.45, 2.75) is 38.3 Å². The molecule has 1 N–H and O–H groups in total. The van der Waals surface area contributed by atoms with E-state index in [0.29, 0.717) is 17.8 Å². The van der Waals surface area contributed by atoms with Gasteiger partial charge in [0, 0.05) is 29.4 Å². The van der Waals surface area contributed by atoms with E-state index in [2.05, 4.69) is 10.2 Å². The number of nitrogens with one attached hydrogen (secondary N) is 1. The Morgan fingerprint density at radius 3 is 2.61 bits per heavy atom. The molecule has 9 heteroatoms. The van der Waals surface area contributed by atoms with Gasteiger partial charge < -0.3 is 5.32 Å². The summed E-state index contributed by atoms with van der Waals surface area (Å²) >= 11 is 0. The Morgan fingerprint density at radius 1 is 1.09 bits per heavy atom. The fraction of sp³-hybridized carbons (Fsp3) is 0.375. The Morgan fingerprint density at radius 2 is 1.88 bits per heavy atom. The van der Waals surface area contributed by atoms with E-state index in [9.17, 15) is 24.5 Å². The third-order valence-corrected chi connectivity index (χ3v) is 7.87. The van der Waals surface area contributed by atoms with Crippen molar-refractivity contribution in [3.63, 3.8) is 0 Å². The lowest BCUT2D eigenvalue weighted by Gasteiger charge is -2.36. The number of nitrogens with zero attached hydrogens (tertiary/aromatic N) is 3. The summed E-state index contributed by atoms with van der Waals surface area (Å²) in [5, 5.41) is 14.2. The molecule has 3 fully saturated rings. The summed E-state index contributed by atoms with van der Waals surface area (Å²) in [5.74, 6) is -2.47. The van der Waals surface area contributed by atoms with E-state index in [-0.39, 0.29) is 23.5 Å². The van der Waals surface area contributed by atoms with Crippen molar-refractivity contribution in [3.8, 4) is 0 Å². The van der Waals surface area contributed by atoms with Crippen LogP contribution in [0.3, 0.4) is 0 Å². The molecule has 4 heterocycles. The molecule has 0 aliphatic carbocycles. The molecular formula is C24H22N4O5. The lowest BCUT2D eigenvalue weighted by Crippen LogP contribution is -2.54. The van der Waals surface area contributed by atoms with Crippen molar-refractivity contribution in [2.75, 3.05) is 16.8 Å². The minimum Gasteiger partial charge on any atom is -0.324 e. The molecule has 33 heavy (non-hydrogen) atoms. The van der Waals surface area contributed by atoms with Gasteiger partial charge in [-0.05, 0) is 50.4 Å². The van der Waals surface area contributed by atoms with Gasteiger partial charge >= 0.3 is 0 Å². The summed E-state index contributed by atoms with van der Waals surface area (Å²) < 4.78 is 0. The highest BCUT2D eigenvalue weighted by atomic mass is 16.6. The topological polar surface area (TPSA) is 113 Å². The Kier molecular flexibility index (Phi) is 3.93. The van der Waals surface area contributed by atoms with Crippen LogP contribution in [0.1, 0.15) is 29.5 Å². The Bertz CT molecular complexity index is 1290. The first kappa shape index (κ1) is 20.0. The molecule has 3 saturated heterocycles. The first-order valence-corrected chi connectivity index (χ1v) is 11.1. The van der Waals surface area contributed by atoms with E-state index < -0.39 is 28.2 Å². The van der Waals surface area contributed by atoms with E-state index in [1.807, 2.05) is 25.1 Å². The minimum absolute atomic E-state index is 0.103. The van der Waals surface area contributed by atoms with Crippen LogP contribution in [0, 0.1) is 35.8 Å². The maximum Gasteiger partial charge on any atom is 0.269 e. The molecule has 0 aromatic heterocycles. The summed E-state index contributed by atoms with van der Waals surface area (Å²) in [4.78, 5) is 55.3. The average Bonchev–Trinajstić information content (AvgIpc) is 3.48. The highest BCUT2D eigenvalue weighted by molar-refractivity contribution is 6.26. The average molecular weight is 446 g/mol. The van der Waals surface area contributed by atoms with Gasteiger partial charge in [0.2, 0.25) is 17.7 Å². The molecule has 168 valence electrons. The van der Waals surface area contributed by atoms with Crippen molar-refractivity contribution in [1.29, 1.82) is 0 Å². The molecular weight excluding hydrogens is 424 g/mol. The van der Waals surface area contributed by atoms with E-state index in [4.69, 9.17) is 0 Å². The zero-order valence-electron chi connectivity index (χ0n) is 18.2. The predicted octanol–water partition coefficient (Wildman–Crippen LogP) is 2.64. The molecule has 3 amide bonds. The summed E-state index contributed by atoms with van der Waals surface area (Å²) in [7, 11) is 0. The standard InChI is InChI=1S/C24H22N4O5/c1-12-5-3-6-15-20(12)25-23(31)24(15)19-18(17-7-4-10-26(17)24)21(29)27(22(19)30)16-9-8-14(28(32)33)11-13(16)2/h3,5-6,8-9,11,17-19H,4,7,10H2,1-2H3,(H,25,31)/t17-,18-,19-,24+/m1/s1. The minimum atomic E-state index is -1.22. The molecule has 1 spiro atoms. The number of hydrogen-bond acceptors (Lipinski definition) is 6. The van der Waals surface area contributed by atoms with Gasteiger partial charge in [0.25, 0.3) is 5.69 Å². The number of non-ortho nitro benzene ring substituents is 1. The molecule has 2 aromatic carbocycles. The summed E-state index contributed by atoms with van der Waals surface area (Å²) in [6, 6.07) is 9.60. The molecule has 0 unspecified atom stereocenters. The Labute approximate surface area is 189 Å². The fourth-order valence-corrected chi connectivity index (χ4v) is 6.62. The Balaban J connectivity index is 1.53. The zero-order valence-corrected chi connectivity index (χ0v) is 18.2. The van der Waals surface area contributed by atoms with Crippen LogP contribution < -0.4 is 10.2 Å². The second-order valence-corrected chi connectivity index (χ2v) is 9.36. The van der Waals surface area contributed by atoms with Crippen molar-refractivity contribution < 1.29 is 19.3 Å². The molecule has 4 aliphatic rings. The number of carbonyl (C=O) groups excluding carboxylic acids is 3. The number of nitro benzene ring substituents is 1. The number of fused-ring (bicyclic) bond motifs is 7. The molecule has 4 atom stereocenters. The van der Waals surface area contributed by atoms with E-state index >= 15 is 0 Å². The number of para-hydroxylation sites is 1. The number of nitro groups is 1. The lowest BCUT2D eigenvalue weighted by atomic mass is 9.75. The van der Waals surface area contributed by atoms with Crippen LogP contribution in [-0.4, -0.2) is 40.1 Å². The number of amides is 3. The van der Waals surface area contributed by atoms with E-state index in [1.165, 1.54) is 18.2 Å². The van der Waals surface area contributed by atoms with Gasteiger partial charge in [-0.15, -0.1) is 0 Å². The van der Waals surface area contributed by atoms with Crippen molar-refractivity contribution >= 4 is 34.8 Å². The predicted molar refractivity (Wildman–Crippen MR) is 119 cm³/mol. The van der Waals surface area contributed by atoms with Crippen LogP contribution in [0.5, 0.6) is 0 Å². The summed E-state index contributed by atoms with van der Waals surface area (Å²) in [6.45, 7) is 4.21. The van der Waals surface area contributed by atoms with Crippen LogP contribution in [0.15, 0.2) is 36.4 Å². The number of hydrogen-bond donors (Lipinski definition) is 1. The van der Waals surface area contributed by atoms with Gasteiger partial charge in [0.15, 0.2) is 0 Å². The lowest BCUT2D eigenvalue weighted by molar-refractivity contribution is -0.384. The van der Waals surface area contributed by atoms with Gasteiger partial charge in [-0.2, -0.15) is 0 Å². The third-order valence-electron chi connectivity index (χ3n) is 7.87. The highest BCUT2D eigenvalue weighted by Crippen LogP contribution is 2.61. The van der Waals surface area contributed by atoms with Crippen molar-refractivity contribution in [3.05, 3.63) is 63.2 Å². The van der Waals surface area contributed by atoms with Crippen LogP contribution in [0.2, 0.25) is 0 Å². The van der Waals surface area contributed by atoms with Crippen molar-refractivity contribution in [1.82, 2.24) is 4.90 Å². The van der Waals surface area contributed by atoms with Gasteiger partial charge in [0.05, 0.1) is 22.4 Å². The summed E-state index contributed by atoms with van der Waals surface area (Å²) in [5.41, 5.74) is 1.88. The monoisotopic (exact) mass is 446 g/mol. The van der Waals surface area contributed by atoms with Crippen molar-refractivity contribution in [2.24, 2.45) is 11.8 Å². The highest BCUT2D eigenvalue weighted by Gasteiger charge is 2.74. The molecule has 0 saturated carbocycles. The number of imide groups is 1. The largest absolute Gasteiger partial charge is 0.324 e. The fourth-order valence-electron chi connectivity index (χ4n) is 6.62. The normalized spacial score (nSPS) is 30.1. The molecule has 6 rings (SSSR count). The van der Waals surface area contributed by atoms with Crippen LogP contribution in [0.25, 0.3) is 0 Å². The first-order chi connectivity index (χ1) is 15.8. The smallest absolute Gasteiger partial charge is 0.269 e. The maximum absolute atomic E-state index is 14.0.